The molecule has 168 valence electrons. The number of anilines is 2. The van der Waals surface area contributed by atoms with E-state index in [1.165, 1.54) is 11.9 Å². The molecule has 0 radical (unpaired) electrons. The van der Waals surface area contributed by atoms with Gasteiger partial charge in [-0.3, -0.25) is 5.10 Å². The molecule has 1 aliphatic heterocycles. The normalized spacial score (nSPS) is 18.1. The van der Waals surface area contributed by atoms with Crippen molar-refractivity contribution < 1.29 is 14.2 Å². The average molecular weight is 444 g/mol. The Morgan fingerprint density at radius 1 is 1.00 bits per heavy atom. The molecule has 0 atom stereocenters. The van der Waals surface area contributed by atoms with E-state index in [0.717, 1.165) is 48.3 Å². The van der Waals surface area contributed by atoms with Crippen LogP contribution in [0.3, 0.4) is 0 Å². The number of benzene rings is 2. The summed E-state index contributed by atoms with van der Waals surface area (Å²) < 4.78 is 18.0. The maximum atomic E-state index is 6.22. The van der Waals surface area contributed by atoms with Crippen molar-refractivity contribution in [3.63, 3.8) is 0 Å². The molecular formula is C25H25N5O3. The van der Waals surface area contributed by atoms with Gasteiger partial charge in [-0.05, 0) is 48.6 Å². The molecule has 4 aromatic rings. The molecule has 0 amide bonds. The second kappa shape index (κ2) is 8.46. The lowest BCUT2D eigenvalue weighted by molar-refractivity contribution is -0.178. The summed E-state index contributed by atoms with van der Waals surface area (Å²) in [5, 5.41) is 11.3. The van der Waals surface area contributed by atoms with Crippen molar-refractivity contribution in [3.8, 4) is 11.5 Å². The highest BCUT2D eigenvalue weighted by molar-refractivity contribution is 5.88. The molecule has 0 bridgehead atoms. The highest BCUT2D eigenvalue weighted by Gasteiger charge is 2.40. The van der Waals surface area contributed by atoms with Gasteiger partial charge in [-0.1, -0.05) is 24.3 Å². The van der Waals surface area contributed by atoms with E-state index in [1.807, 2.05) is 36.4 Å². The number of H-pyrrole nitrogens is 1. The third-order valence-electron chi connectivity index (χ3n) is 6.51. The Labute approximate surface area is 191 Å². The Morgan fingerprint density at radius 3 is 2.64 bits per heavy atom. The van der Waals surface area contributed by atoms with E-state index in [9.17, 15) is 0 Å². The van der Waals surface area contributed by atoms with E-state index in [0.29, 0.717) is 30.6 Å². The maximum absolute atomic E-state index is 6.22. The van der Waals surface area contributed by atoms with Crippen LogP contribution in [0.5, 0.6) is 11.5 Å². The van der Waals surface area contributed by atoms with Crippen molar-refractivity contribution in [3.05, 3.63) is 66.6 Å². The highest BCUT2D eigenvalue weighted by Crippen LogP contribution is 2.44. The van der Waals surface area contributed by atoms with Gasteiger partial charge in [0.15, 0.2) is 17.2 Å². The summed E-state index contributed by atoms with van der Waals surface area (Å²) >= 11 is 0. The lowest BCUT2D eigenvalue weighted by Crippen LogP contribution is -2.34. The van der Waals surface area contributed by atoms with Crippen molar-refractivity contribution in [1.29, 1.82) is 0 Å². The van der Waals surface area contributed by atoms with E-state index in [-0.39, 0.29) is 5.79 Å². The molecule has 1 saturated carbocycles. The fourth-order valence-corrected chi connectivity index (χ4v) is 4.77. The number of nitrogens with one attached hydrogen (secondary N) is 2. The van der Waals surface area contributed by atoms with Crippen molar-refractivity contribution >= 4 is 22.5 Å². The smallest absolute Gasteiger partial charge is 0.168 e. The molecule has 33 heavy (non-hydrogen) atoms. The molecule has 6 rings (SSSR count). The van der Waals surface area contributed by atoms with Crippen LogP contribution in [0, 0.1) is 0 Å². The molecule has 1 aliphatic carbocycles. The number of hydrogen-bond acceptors (Lipinski definition) is 7. The van der Waals surface area contributed by atoms with Gasteiger partial charge in [-0.2, -0.15) is 5.10 Å². The number of ether oxygens (including phenoxy) is 3. The Morgan fingerprint density at radius 2 is 1.82 bits per heavy atom. The number of nitrogens with zero attached hydrogens (tertiary/aromatic N) is 3. The molecule has 2 aromatic heterocycles. The summed E-state index contributed by atoms with van der Waals surface area (Å²) in [5.41, 5.74) is 2.80. The summed E-state index contributed by atoms with van der Waals surface area (Å²) in [4.78, 5) is 8.68. The molecule has 2 fully saturated rings. The molecule has 1 saturated heterocycles. The Hall–Kier alpha value is -3.49. The standard InChI is InChI=1S/C25H25N5O3/c1-2-4-19(5-3-1)33-22-7-6-18(17-8-10-25(11-9-17)31-12-13-32-25)14-21(22)29-23-20-15-28-30-24(20)27-16-26-23/h1-7,14-17H,8-13H2,(H2,26,27,28,29,30). The third-order valence-corrected chi connectivity index (χ3v) is 6.51. The molecule has 2 aromatic carbocycles. The van der Waals surface area contributed by atoms with E-state index in [4.69, 9.17) is 14.2 Å². The van der Waals surface area contributed by atoms with Crippen molar-refractivity contribution in [2.45, 2.75) is 37.4 Å². The zero-order valence-corrected chi connectivity index (χ0v) is 18.2. The van der Waals surface area contributed by atoms with Crippen LogP contribution >= 0.6 is 0 Å². The van der Waals surface area contributed by atoms with Gasteiger partial charge in [0.25, 0.3) is 0 Å². The Kier molecular flexibility index (Phi) is 5.16. The van der Waals surface area contributed by atoms with Crippen molar-refractivity contribution in [2.75, 3.05) is 18.5 Å². The molecule has 2 N–H and O–H groups in total. The lowest BCUT2D eigenvalue weighted by Gasteiger charge is -2.35. The van der Waals surface area contributed by atoms with Gasteiger partial charge in [0.2, 0.25) is 0 Å². The first-order valence-corrected chi connectivity index (χ1v) is 11.3. The van der Waals surface area contributed by atoms with Crippen LogP contribution in [0.4, 0.5) is 11.5 Å². The molecule has 2 aliphatic rings. The predicted molar refractivity (Wildman–Crippen MR) is 124 cm³/mol. The van der Waals surface area contributed by atoms with E-state index in [2.05, 4.69) is 37.6 Å². The zero-order chi connectivity index (χ0) is 22.1. The summed E-state index contributed by atoms with van der Waals surface area (Å²) in [5.74, 6) is 2.27. The number of para-hydroxylation sites is 1. The first-order valence-electron chi connectivity index (χ1n) is 11.3. The fourth-order valence-electron chi connectivity index (χ4n) is 4.77. The topological polar surface area (TPSA) is 94.2 Å². The number of aromatic nitrogens is 4. The number of hydrogen-bond donors (Lipinski definition) is 2. The monoisotopic (exact) mass is 443 g/mol. The van der Waals surface area contributed by atoms with Crippen LogP contribution in [-0.2, 0) is 9.47 Å². The average Bonchev–Trinajstić information content (AvgIpc) is 3.52. The van der Waals surface area contributed by atoms with Crippen LogP contribution in [0.1, 0.15) is 37.2 Å². The van der Waals surface area contributed by atoms with Crippen LogP contribution in [-0.4, -0.2) is 39.2 Å². The largest absolute Gasteiger partial charge is 0.455 e. The lowest BCUT2D eigenvalue weighted by atomic mass is 9.81. The summed E-state index contributed by atoms with van der Waals surface area (Å²) in [6.45, 7) is 1.40. The number of rotatable bonds is 5. The third kappa shape index (κ3) is 4.03. The molecular weight excluding hydrogens is 418 g/mol. The van der Waals surface area contributed by atoms with Crippen LogP contribution < -0.4 is 10.1 Å². The number of fused-ring (bicyclic) bond motifs is 1. The quantitative estimate of drug-likeness (QED) is 0.433. The minimum Gasteiger partial charge on any atom is -0.455 e. The van der Waals surface area contributed by atoms with Gasteiger partial charge in [0, 0.05) is 12.8 Å². The minimum absolute atomic E-state index is 0.359. The van der Waals surface area contributed by atoms with Gasteiger partial charge in [-0.25, -0.2) is 9.97 Å². The maximum Gasteiger partial charge on any atom is 0.168 e. The zero-order valence-electron chi connectivity index (χ0n) is 18.2. The molecule has 8 nitrogen and oxygen atoms in total. The molecule has 3 heterocycles. The first-order chi connectivity index (χ1) is 16.3. The Balaban J connectivity index is 1.31. The molecule has 8 heteroatoms. The van der Waals surface area contributed by atoms with E-state index >= 15 is 0 Å². The summed E-state index contributed by atoms with van der Waals surface area (Å²) in [6, 6.07) is 16.1. The van der Waals surface area contributed by atoms with Gasteiger partial charge < -0.3 is 19.5 Å². The van der Waals surface area contributed by atoms with Crippen molar-refractivity contribution in [1.82, 2.24) is 20.2 Å². The first kappa shape index (κ1) is 20.1. The SMILES string of the molecule is c1ccc(Oc2ccc(C3CCC4(CC3)OCCO4)cc2Nc2ncnc3[nH]ncc23)cc1. The fraction of sp³-hybridized carbons (Fsp3) is 0.320. The van der Waals surface area contributed by atoms with Gasteiger partial charge >= 0.3 is 0 Å². The second-order valence-corrected chi connectivity index (χ2v) is 8.53. The van der Waals surface area contributed by atoms with Crippen LogP contribution in [0.2, 0.25) is 0 Å². The molecule has 0 unspecified atom stereocenters. The van der Waals surface area contributed by atoms with E-state index in [1.54, 1.807) is 6.20 Å². The predicted octanol–water partition coefficient (Wildman–Crippen LogP) is 5.29. The summed E-state index contributed by atoms with van der Waals surface area (Å²) in [6.07, 6.45) is 7.14. The number of aromatic amines is 1. The molecule has 1 spiro atoms. The van der Waals surface area contributed by atoms with Crippen LogP contribution in [0.15, 0.2) is 61.1 Å². The van der Waals surface area contributed by atoms with Crippen molar-refractivity contribution in [2.24, 2.45) is 0 Å². The Bertz CT molecular complexity index is 1240. The van der Waals surface area contributed by atoms with Gasteiger partial charge in [-0.15, -0.1) is 0 Å². The summed E-state index contributed by atoms with van der Waals surface area (Å²) in [7, 11) is 0. The van der Waals surface area contributed by atoms with E-state index < -0.39 is 0 Å². The van der Waals surface area contributed by atoms with Gasteiger partial charge in [0.1, 0.15) is 17.9 Å². The van der Waals surface area contributed by atoms with Crippen LogP contribution in [0.25, 0.3) is 11.0 Å². The highest BCUT2D eigenvalue weighted by atomic mass is 16.7. The van der Waals surface area contributed by atoms with Gasteiger partial charge in [0.05, 0.1) is 30.5 Å². The minimum atomic E-state index is -0.359. The second-order valence-electron chi connectivity index (χ2n) is 8.53.